The van der Waals surface area contributed by atoms with Gasteiger partial charge in [0.2, 0.25) is 11.8 Å². The number of amides is 2. The normalized spacial score (nSPS) is 16.3. The van der Waals surface area contributed by atoms with Crippen LogP contribution in [0.25, 0.3) is 0 Å². The van der Waals surface area contributed by atoms with Crippen molar-refractivity contribution in [2.24, 2.45) is 0 Å². The highest BCUT2D eigenvalue weighted by Gasteiger charge is 2.39. The number of nitrogens with one attached hydrogen (secondary N) is 1. The lowest BCUT2D eigenvalue weighted by atomic mass is 10.2. The van der Waals surface area contributed by atoms with E-state index in [4.69, 9.17) is 0 Å². The highest BCUT2D eigenvalue weighted by molar-refractivity contribution is 8.00. The van der Waals surface area contributed by atoms with Crippen LogP contribution in [0.1, 0.15) is 18.4 Å². The van der Waals surface area contributed by atoms with Gasteiger partial charge in [0, 0.05) is 12.6 Å². The van der Waals surface area contributed by atoms with Gasteiger partial charge in [0.15, 0.2) is 0 Å². The Morgan fingerprint density at radius 3 is 2.73 bits per heavy atom. The first kappa shape index (κ1) is 16.8. The van der Waals surface area contributed by atoms with Crippen LogP contribution < -0.4 is 15.8 Å². The molecule has 2 amide bonds. The molecular weight excluding hydrogens is 352 g/mol. The van der Waals surface area contributed by atoms with Gasteiger partial charge in [-0.1, -0.05) is 30.3 Å². The molecule has 1 aromatic carbocycles. The van der Waals surface area contributed by atoms with Crippen molar-refractivity contribution in [3.8, 4) is 0 Å². The fourth-order valence-electron chi connectivity index (χ4n) is 2.94. The summed E-state index contributed by atoms with van der Waals surface area (Å²) in [5.74, 6) is -0.0174. The van der Waals surface area contributed by atoms with Crippen LogP contribution in [0.2, 0.25) is 0 Å². The van der Waals surface area contributed by atoms with Crippen molar-refractivity contribution >= 4 is 29.3 Å². The summed E-state index contributed by atoms with van der Waals surface area (Å²) >= 11 is 1.33. The average Bonchev–Trinajstić information content (AvgIpc) is 3.48. The molecule has 0 saturated heterocycles. The molecular formula is C18H18N4O3S. The summed E-state index contributed by atoms with van der Waals surface area (Å²) in [7, 11) is 0. The molecule has 7 nitrogen and oxygen atoms in total. The minimum absolute atomic E-state index is 0.0478. The lowest BCUT2D eigenvalue weighted by Gasteiger charge is -2.28. The number of carbonyl (C=O) groups is 2. The number of carbonyl (C=O) groups excluding carboxylic acids is 2. The monoisotopic (exact) mass is 370 g/mol. The number of nitrogens with zero attached hydrogens (tertiary/aromatic N) is 3. The molecule has 1 saturated carbocycles. The molecule has 4 rings (SSSR count). The van der Waals surface area contributed by atoms with E-state index in [9.17, 15) is 14.4 Å². The van der Waals surface area contributed by atoms with Crippen LogP contribution in [-0.4, -0.2) is 33.4 Å². The van der Waals surface area contributed by atoms with Crippen molar-refractivity contribution in [3.05, 3.63) is 52.4 Å². The summed E-state index contributed by atoms with van der Waals surface area (Å²) in [5, 5.41) is 6.90. The molecule has 0 atom stereocenters. The van der Waals surface area contributed by atoms with Gasteiger partial charge in [0.1, 0.15) is 12.2 Å². The molecule has 2 aliphatic rings. The first-order valence-electron chi connectivity index (χ1n) is 8.49. The zero-order valence-corrected chi connectivity index (χ0v) is 14.9. The summed E-state index contributed by atoms with van der Waals surface area (Å²) in [6, 6.07) is 9.65. The van der Waals surface area contributed by atoms with Crippen molar-refractivity contribution in [1.82, 2.24) is 15.1 Å². The third-order valence-electron chi connectivity index (χ3n) is 4.38. The molecule has 1 fully saturated rings. The van der Waals surface area contributed by atoms with Gasteiger partial charge in [0.05, 0.1) is 16.8 Å². The standard InChI is InChI=1S/C18H18N4O3S/c23-15(19-8-12-4-2-1-3-5-12)10-21-18(25)17-14(9-20-21)26-11-16(24)22(17)13-6-7-13/h1-5,9,13H,6-8,10-11H2,(H,19,23). The van der Waals surface area contributed by atoms with Crippen molar-refractivity contribution in [2.75, 3.05) is 10.7 Å². The predicted molar refractivity (Wildman–Crippen MR) is 98.0 cm³/mol. The van der Waals surface area contributed by atoms with Crippen molar-refractivity contribution in [1.29, 1.82) is 0 Å². The molecule has 8 heteroatoms. The van der Waals surface area contributed by atoms with Gasteiger partial charge >= 0.3 is 0 Å². The number of benzene rings is 1. The topological polar surface area (TPSA) is 84.3 Å². The van der Waals surface area contributed by atoms with E-state index in [1.165, 1.54) is 11.8 Å². The van der Waals surface area contributed by atoms with E-state index < -0.39 is 0 Å². The van der Waals surface area contributed by atoms with Gasteiger partial charge in [0.25, 0.3) is 5.56 Å². The summed E-state index contributed by atoms with van der Waals surface area (Å²) < 4.78 is 1.13. The summed E-state index contributed by atoms with van der Waals surface area (Å²) in [5.41, 5.74) is 0.970. The van der Waals surface area contributed by atoms with Crippen molar-refractivity contribution in [3.63, 3.8) is 0 Å². The number of fused-ring (bicyclic) bond motifs is 1. The fraction of sp³-hybridized carbons (Fsp3) is 0.333. The van der Waals surface area contributed by atoms with Crippen LogP contribution in [-0.2, 0) is 22.7 Å². The van der Waals surface area contributed by atoms with Crippen molar-refractivity contribution in [2.45, 2.75) is 36.9 Å². The Labute approximate surface area is 154 Å². The second-order valence-corrected chi connectivity index (χ2v) is 7.38. The predicted octanol–water partition coefficient (Wildman–Crippen LogP) is 1.16. The van der Waals surface area contributed by atoms with Gasteiger partial charge in [-0.05, 0) is 18.4 Å². The zero-order chi connectivity index (χ0) is 18.1. The minimum Gasteiger partial charge on any atom is -0.350 e. The van der Waals surface area contributed by atoms with E-state index in [-0.39, 0.29) is 30.0 Å². The molecule has 134 valence electrons. The first-order chi connectivity index (χ1) is 12.6. The van der Waals surface area contributed by atoms with Crippen LogP contribution in [0.4, 0.5) is 5.69 Å². The molecule has 0 unspecified atom stereocenters. The maximum absolute atomic E-state index is 12.8. The Bertz CT molecular complexity index is 908. The van der Waals surface area contributed by atoms with Gasteiger partial charge in [-0.25, -0.2) is 4.68 Å². The molecule has 1 aliphatic carbocycles. The first-order valence-corrected chi connectivity index (χ1v) is 9.47. The van der Waals surface area contributed by atoms with Crippen LogP contribution in [0.15, 0.2) is 46.2 Å². The maximum Gasteiger partial charge on any atom is 0.292 e. The van der Waals surface area contributed by atoms with Gasteiger partial charge in [-0.15, -0.1) is 11.8 Å². The number of thioether (sulfide) groups is 1. The largest absolute Gasteiger partial charge is 0.350 e. The van der Waals surface area contributed by atoms with Gasteiger partial charge in [-0.2, -0.15) is 5.10 Å². The van der Waals surface area contributed by atoms with Crippen LogP contribution in [0.3, 0.4) is 0 Å². The third-order valence-corrected chi connectivity index (χ3v) is 5.38. The molecule has 1 N–H and O–H groups in total. The van der Waals surface area contributed by atoms with Crippen LogP contribution >= 0.6 is 11.8 Å². The summed E-state index contributed by atoms with van der Waals surface area (Å²) in [4.78, 5) is 39.6. The Morgan fingerprint density at radius 2 is 2.00 bits per heavy atom. The molecule has 1 aliphatic heterocycles. The van der Waals surface area contributed by atoms with Gasteiger partial charge < -0.3 is 10.2 Å². The fourth-order valence-corrected chi connectivity index (χ4v) is 3.81. The molecule has 2 aromatic rings. The SMILES string of the molecule is O=C(Cn1ncc2c(c1=O)N(C1CC1)C(=O)CS2)NCc1ccccc1. The third kappa shape index (κ3) is 3.37. The molecule has 0 spiro atoms. The van der Waals surface area contributed by atoms with Gasteiger partial charge in [-0.3, -0.25) is 14.4 Å². The summed E-state index contributed by atoms with van der Waals surface area (Å²) in [6.07, 6.45) is 3.40. The van der Waals surface area contributed by atoms with Crippen LogP contribution in [0.5, 0.6) is 0 Å². The lowest BCUT2D eigenvalue weighted by Crippen LogP contribution is -2.43. The van der Waals surface area contributed by atoms with E-state index in [1.54, 1.807) is 11.1 Å². The minimum atomic E-state index is -0.384. The quantitative estimate of drug-likeness (QED) is 0.854. The second-order valence-electron chi connectivity index (χ2n) is 6.37. The van der Waals surface area contributed by atoms with E-state index in [2.05, 4.69) is 10.4 Å². The maximum atomic E-state index is 12.8. The smallest absolute Gasteiger partial charge is 0.292 e. The van der Waals surface area contributed by atoms with Crippen LogP contribution in [0, 0.1) is 0 Å². The number of rotatable bonds is 5. The lowest BCUT2D eigenvalue weighted by molar-refractivity contribution is -0.122. The second kappa shape index (κ2) is 6.95. The van der Waals surface area contributed by atoms with E-state index in [0.717, 1.165) is 23.1 Å². The zero-order valence-electron chi connectivity index (χ0n) is 14.1. The molecule has 1 aromatic heterocycles. The molecule has 2 heterocycles. The number of aromatic nitrogens is 2. The number of hydrogen-bond acceptors (Lipinski definition) is 5. The van der Waals surface area contributed by atoms with E-state index >= 15 is 0 Å². The molecule has 0 radical (unpaired) electrons. The van der Waals surface area contributed by atoms with E-state index in [0.29, 0.717) is 22.9 Å². The van der Waals surface area contributed by atoms with Crippen molar-refractivity contribution < 1.29 is 9.59 Å². The Hall–Kier alpha value is -2.61. The highest BCUT2D eigenvalue weighted by Crippen LogP contribution is 2.38. The highest BCUT2D eigenvalue weighted by atomic mass is 32.2. The number of hydrogen-bond donors (Lipinski definition) is 1. The number of anilines is 1. The molecule has 26 heavy (non-hydrogen) atoms. The Balaban J connectivity index is 1.52. The Kier molecular flexibility index (Phi) is 4.50. The molecule has 0 bridgehead atoms. The summed E-state index contributed by atoms with van der Waals surface area (Å²) in [6.45, 7) is 0.220. The average molecular weight is 370 g/mol. The van der Waals surface area contributed by atoms with E-state index in [1.807, 2.05) is 30.3 Å². The Morgan fingerprint density at radius 1 is 1.23 bits per heavy atom.